The lowest BCUT2D eigenvalue weighted by Crippen LogP contribution is -2.33. The molecule has 0 radical (unpaired) electrons. The predicted octanol–water partition coefficient (Wildman–Crippen LogP) is 4.18. The van der Waals surface area contributed by atoms with Crippen molar-refractivity contribution in [2.45, 2.75) is 20.4 Å². The maximum Gasteiger partial charge on any atom is 0.235 e. The van der Waals surface area contributed by atoms with Crippen LogP contribution in [0.1, 0.15) is 11.9 Å². The van der Waals surface area contributed by atoms with Crippen molar-refractivity contribution in [1.29, 1.82) is 0 Å². The van der Waals surface area contributed by atoms with Crippen molar-refractivity contribution < 1.29 is 4.57 Å². The lowest BCUT2D eigenvalue weighted by Gasteiger charge is -2.00. The Hall–Kier alpha value is -1.67. The number of rotatable bonds is 2. The van der Waals surface area contributed by atoms with Gasteiger partial charge in [-0.3, -0.25) is 0 Å². The number of fused-ring (bicyclic) bond motifs is 1. The minimum Gasteiger partial charge on any atom is -0.186 e. The zero-order chi connectivity index (χ0) is 12.5. The van der Waals surface area contributed by atoms with Crippen molar-refractivity contribution in [3.05, 3.63) is 53.5 Å². The molecular weight excluding hydrogens is 238 g/mol. The average molecular weight is 254 g/mol. The van der Waals surface area contributed by atoms with Gasteiger partial charge in [-0.05, 0) is 30.2 Å². The second-order valence-corrected chi connectivity index (χ2v) is 5.65. The molecule has 0 aliphatic carbocycles. The summed E-state index contributed by atoms with van der Waals surface area (Å²) in [4.78, 5) is 0. The third kappa shape index (κ3) is 1.83. The first-order chi connectivity index (χ1) is 8.79. The van der Waals surface area contributed by atoms with E-state index >= 15 is 0 Å². The largest absolute Gasteiger partial charge is 0.235 e. The van der Waals surface area contributed by atoms with E-state index in [1.54, 1.807) is 0 Å². The molecule has 1 aromatic heterocycles. The summed E-state index contributed by atoms with van der Waals surface area (Å²) in [6.07, 6.45) is 0. The lowest BCUT2D eigenvalue weighted by molar-refractivity contribution is -0.669. The van der Waals surface area contributed by atoms with Crippen molar-refractivity contribution in [2.24, 2.45) is 0 Å². The van der Waals surface area contributed by atoms with Crippen LogP contribution in [0.25, 0.3) is 21.3 Å². The van der Waals surface area contributed by atoms with E-state index in [2.05, 4.69) is 66.9 Å². The topological polar surface area (TPSA) is 3.88 Å². The van der Waals surface area contributed by atoms with Crippen LogP contribution >= 0.6 is 11.3 Å². The summed E-state index contributed by atoms with van der Waals surface area (Å²) in [5.41, 5.74) is 3.93. The van der Waals surface area contributed by atoms with Gasteiger partial charge in [0.05, 0.1) is 0 Å². The number of benzene rings is 2. The molecule has 3 rings (SSSR count). The van der Waals surface area contributed by atoms with Crippen LogP contribution in [-0.2, 0) is 6.54 Å². The Balaban J connectivity index is 2.18. The van der Waals surface area contributed by atoms with Gasteiger partial charge in [-0.1, -0.05) is 41.7 Å². The molecule has 0 unspecified atom stereocenters. The van der Waals surface area contributed by atoms with E-state index in [1.165, 1.54) is 26.4 Å². The molecule has 2 heteroatoms. The summed E-state index contributed by atoms with van der Waals surface area (Å²) in [7, 11) is 0. The minimum absolute atomic E-state index is 1.04. The molecule has 0 spiro atoms. The number of hydrogen-bond donors (Lipinski definition) is 0. The Bertz CT molecular complexity index is 683. The van der Waals surface area contributed by atoms with Crippen molar-refractivity contribution in [3.63, 3.8) is 0 Å². The van der Waals surface area contributed by atoms with Crippen LogP contribution < -0.4 is 4.57 Å². The molecular formula is C16H16NS+. The van der Waals surface area contributed by atoms with Crippen LogP contribution in [0.2, 0.25) is 0 Å². The van der Waals surface area contributed by atoms with E-state index in [9.17, 15) is 0 Å². The maximum atomic E-state index is 2.37. The summed E-state index contributed by atoms with van der Waals surface area (Å²) in [6, 6.07) is 17.3. The van der Waals surface area contributed by atoms with Crippen LogP contribution in [0, 0.1) is 6.92 Å². The molecule has 0 fully saturated rings. The smallest absolute Gasteiger partial charge is 0.186 e. The van der Waals surface area contributed by atoms with Crippen LogP contribution in [0.4, 0.5) is 0 Å². The van der Waals surface area contributed by atoms with E-state index in [-0.39, 0.29) is 0 Å². The number of hydrogen-bond acceptors (Lipinski definition) is 1. The van der Waals surface area contributed by atoms with E-state index in [0.29, 0.717) is 0 Å². The minimum atomic E-state index is 1.04. The molecule has 0 amide bonds. The Kier molecular flexibility index (Phi) is 2.88. The van der Waals surface area contributed by atoms with Gasteiger partial charge in [0.1, 0.15) is 11.2 Å². The summed E-state index contributed by atoms with van der Waals surface area (Å²) in [5.74, 6) is 0. The number of thiazole rings is 1. The van der Waals surface area contributed by atoms with E-state index in [4.69, 9.17) is 0 Å². The summed E-state index contributed by atoms with van der Waals surface area (Å²) in [6.45, 7) is 5.43. The van der Waals surface area contributed by atoms with Gasteiger partial charge in [0.2, 0.25) is 10.5 Å². The summed E-state index contributed by atoms with van der Waals surface area (Å²) < 4.78 is 3.74. The van der Waals surface area contributed by atoms with Crippen molar-refractivity contribution >= 4 is 21.6 Å². The molecule has 1 nitrogen and oxygen atoms in total. The molecule has 0 N–H and O–H groups in total. The predicted molar refractivity (Wildman–Crippen MR) is 77.9 cm³/mol. The molecule has 3 aromatic rings. The van der Waals surface area contributed by atoms with Crippen LogP contribution in [0.5, 0.6) is 0 Å². The standard InChI is InChI=1S/C16H16NS/c1-3-17-12(2)18-16-11-14(9-10-15(16)17)13-7-5-4-6-8-13/h4-11H,3H2,1-2H3/q+1. The van der Waals surface area contributed by atoms with Crippen LogP contribution in [-0.4, -0.2) is 0 Å². The maximum absolute atomic E-state index is 2.37. The fourth-order valence-electron chi connectivity index (χ4n) is 2.41. The Morgan fingerprint density at radius 2 is 1.78 bits per heavy atom. The second-order valence-electron chi connectivity index (χ2n) is 4.41. The Labute approximate surface area is 111 Å². The molecule has 0 saturated heterocycles. The van der Waals surface area contributed by atoms with Crippen molar-refractivity contribution in [2.75, 3.05) is 0 Å². The first-order valence-corrected chi connectivity index (χ1v) is 7.09. The Morgan fingerprint density at radius 3 is 2.50 bits per heavy atom. The highest BCUT2D eigenvalue weighted by molar-refractivity contribution is 7.18. The van der Waals surface area contributed by atoms with Crippen LogP contribution in [0.3, 0.4) is 0 Å². The third-order valence-corrected chi connectivity index (χ3v) is 4.37. The summed E-state index contributed by atoms with van der Waals surface area (Å²) >= 11 is 1.88. The van der Waals surface area contributed by atoms with Gasteiger partial charge in [0.15, 0.2) is 0 Å². The average Bonchev–Trinajstić information content (AvgIpc) is 2.74. The molecule has 90 valence electrons. The molecule has 0 aliphatic heterocycles. The first kappa shape index (κ1) is 11.4. The van der Waals surface area contributed by atoms with Crippen LogP contribution in [0.15, 0.2) is 48.5 Å². The fourth-order valence-corrected chi connectivity index (χ4v) is 3.53. The zero-order valence-electron chi connectivity index (χ0n) is 10.7. The highest BCUT2D eigenvalue weighted by Crippen LogP contribution is 2.26. The number of nitrogens with zero attached hydrogens (tertiary/aromatic N) is 1. The van der Waals surface area contributed by atoms with Gasteiger partial charge in [-0.25, -0.2) is 0 Å². The summed E-state index contributed by atoms with van der Waals surface area (Å²) in [5, 5.41) is 1.37. The highest BCUT2D eigenvalue weighted by Gasteiger charge is 2.15. The number of aromatic nitrogens is 1. The van der Waals surface area contributed by atoms with Gasteiger partial charge >= 0.3 is 0 Å². The SMILES string of the molecule is CC[n+]1c(C)sc2cc(-c3ccccc3)ccc21. The van der Waals surface area contributed by atoms with E-state index in [1.807, 2.05) is 11.3 Å². The van der Waals surface area contributed by atoms with E-state index in [0.717, 1.165) is 6.54 Å². The molecule has 0 bridgehead atoms. The molecule has 1 heterocycles. The van der Waals surface area contributed by atoms with Gasteiger partial charge in [-0.2, -0.15) is 4.57 Å². The molecule has 0 aliphatic rings. The molecule has 18 heavy (non-hydrogen) atoms. The Morgan fingerprint density at radius 1 is 1.00 bits per heavy atom. The normalized spacial score (nSPS) is 11.0. The van der Waals surface area contributed by atoms with Gasteiger partial charge in [-0.15, -0.1) is 0 Å². The van der Waals surface area contributed by atoms with Crippen molar-refractivity contribution in [1.82, 2.24) is 0 Å². The molecule has 0 atom stereocenters. The van der Waals surface area contributed by atoms with E-state index < -0.39 is 0 Å². The van der Waals surface area contributed by atoms with Gasteiger partial charge < -0.3 is 0 Å². The lowest BCUT2D eigenvalue weighted by atomic mass is 10.1. The molecule has 0 saturated carbocycles. The van der Waals surface area contributed by atoms with Gasteiger partial charge in [0.25, 0.3) is 0 Å². The zero-order valence-corrected chi connectivity index (χ0v) is 11.5. The molecule has 2 aromatic carbocycles. The monoisotopic (exact) mass is 254 g/mol. The fraction of sp³-hybridized carbons (Fsp3) is 0.188. The van der Waals surface area contributed by atoms with Crippen molar-refractivity contribution in [3.8, 4) is 11.1 Å². The van der Waals surface area contributed by atoms with Gasteiger partial charge in [0, 0.05) is 13.0 Å². The third-order valence-electron chi connectivity index (χ3n) is 3.31. The quantitative estimate of drug-likeness (QED) is 0.604. The highest BCUT2D eigenvalue weighted by atomic mass is 32.1. The number of aryl methyl sites for hydroxylation is 2. The first-order valence-electron chi connectivity index (χ1n) is 6.28. The second kappa shape index (κ2) is 4.54.